The first-order valence-electron chi connectivity index (χ1n) is 6.31. The molecule has 1 amide bonds. The lowest BCUT2D eigenvalue weighted by atomic mass is 10.3. The van der Waals surface area contributed by atoms with Crippen molar-refractivity contribution in [2.24, 2.45) is 0 Å². The van der Waals surface area contributed by atoms with Crippen LogP contribution < -0.4 is 5.32 Å². The number of thioether (sulfide) groups is 1. The number of carbonyl (C=O) groups excluding carboxylic acids is 1. The van der Waals surface area contributed by atoms with Crippen LogP contribution in [0.1, 0.15) is 6.92 Å². The second-order valence-corrected chi connectivity index (χ2v) is 6.67. The fourth-order valence-electron chi connectivity index (χ4n) is 1.93. The SMILES string of the molecule is C#CCNC(=O)C(C)Sc1nnc2sc3ccccc3n12. The maximum absolute atomic E-state index is 11.9. The van der Waals surface area contributed by atoms with Crippen LogP contribution in [0.25, 0.3) is 15.2 Å². The Morgan fingerprint density at radius 1 is 1.52 bits per heavy atom. The van der Waals surface area contributed by atoms with Gasteiger partial charge in [0.25, 0.3) is 0 Å². The summed E-state index contributed by atoms with van der Waals surface area (Å²) >= 11 is 2.95. The molecule has 0 fully saturated rings. The van der Waals surface area contributed by atoms with Crippen molar-refractivity contribution in [1.82, 2.24) is 19.9 Å². The van der Waals surface area contributed by atoms with Gasteiger partial charge in [0.05, 0.1) is 22.0 Å². The molecule has 21 heavy (non-hydrogen) atoms. The van der Waals surface area contributed by atoms with E-state index < -0.39 is 0 Å². The van der Waals surface area contributed by atoms with E-state index >= 15 is 0 Å². The largest absolute Gasteiger partial charge is 0.344 e. The monoisotopic (exact) mass is 316 g/mol. The molecule has 0 aliphatic rings. The molecule has 0 saturated carbocycles. The summed E-state index contributed by atoms with van der Waals surface area (Å²) in [4.78, 5) is 12.7. The molecule has 0 spiro atoms. The molecule has 106 valence electrons. The number of aromatic nitrogens is 3. The lowest BCUT2D eigenvalue weighted by Crippen LogP contribution is -2.31. The van der Waals surface area contributed by atoms with Gasteiger partial charge in [-0.1, -0.05) is 41.2 Å². The zero-order valence-corrected chi connectivity index (χ0v) is 12.9. The number of fused-ring (bicyclic) bond motifs is 3. The van der Waals surface area contributed by atoms with Crippen molar-refractivity contribution in [2.75, 3.05) is 6.54 Å². The molecule has 0 radical (unpaired) electrons. The van der Waals surface area contributed by atoms with Crippen LogP contribution in [0.15, 0.2) is 29.4 Å². The topological polar surface area (TPSA) is 59.3 Å². The molecule has 5 nitrogen and oxygen atoms in total. The number of terminal acetylenes is 1. The van der Waals surface area contributed by atoms with Gasteiger partial charge in [-0.25, -0.2) is 0 Å². The van der Waals surface area contributed by atoms with Crippen molar-refractivity contribution >= 4 is 44.2 Å². The van der Waals surface area contributed by atoms with E-state index in [0.29, 0.717) is 5.16 Å². The third-order valence-corrected chi connectivity index (χ3v) is 4.98. The highest BCUT2D eigenvalue weighted by Crippen LogP contribution is 2.30. The Kier molecular flexibility index (Phi) is 3.82. The molecule has 7 heteroatoms. The van der Waals surface area contributed by atoms with Gasteiger partial charge in [-0.15, -0.1) is 16.6 Å². The second-order valence-electron chi connectivity index (χ2n) is 4.35. The van der Waals surface area contributed by atoms with Gasteiger partial charge in [0.15, 0.2) is 5.16 Å². The van der Waals surface area contributed by atoms with E-state index in [4.69, 9.17) is 6.42 Å². The van der Waals surface area contributed by atoms with Crippen LogP contribution in [-0.4, -0.2) is 32.3 Å². The lowest BCUT2D eigenvalue weighted by Gasteiger charge is -2.08. The van der Waals surface area contributed by atoms with Gasteiger partial charge in [-0.05, 0) is 19.1 Å². The van der Waals surface area contributed by atoms with Gasteiger partial charge >= 0.3 is 0 Å². The molecule has 0 aliphatic carbocycles. The zero-order valence-electron chi connectivity index (χ0n) is 11.2. The van der Waals surface area contributed by atoms with E-state index in [1.807, 2.05) is 35.6 Å². The number of carbonyl (C=O) groups is 1. The number of benzene rings is 1. The van der Waals surface area contributed by atoms with Crippen LogP contribution in [0, 0.1) is 12.3 Å². The smallest absolute Gasteiger partial charge is 0.234 e. The summed E-state index contributed by atoms with van der Waals surface area (Å²) in [6, 6.07) is 8.04. The Balaban J connectivity index is 1.91. The van der Waals surface area contributed by atoms with E-state index in [1.165, 1.54) is 11.8 Å². The van der Waals surface area contributed by atoms with Crippen LogP contribution in [0.5, 0.6) is 0 Å². The van der Waals surface area contributed by atoms with Crippen LogP contribution >= 0.6 is 23.1 Å². The van der Waals surface area contributed by atoms with Crippen molar-refractivity contribution < 1.29 is 4.79 Å². The first kappa shape index (κ1) is 13.9. The number of para-hydroxylation sites is 1. The fourth-order valence-corrected chi connectivity index (χ4v) is 3.83. The zero-order chi connectivity index (χ0) is 14.8. The van der Waals surface area contributed by atoms with Crippen LogP contribution in [0.2, 0.25) is 0 Å². The maximum Gasteiger partial charge on any atom is 0.234 e. The predicted molar refractivity (Wildman–Crippen MR) is 85.5 cm³/mol. The molecule has 1 atom stereocenters. The number of nitrogens with zero attached hydrogens (tertiary/aromatic N) is 3. The van der Waals surface area contributed by atoms with Crippen molar-refractivity contribution in [2.45, 2.75) is 17.3 Å². The highest BCUT2D eigenvalue weighted by Gasteiger charge is 2.19. The molecule has 0 saturated heterocycles. The van der Waals surface area contributed by atoms with Gasteiger partial charge in [0.1, 0.15) is 0 Å². The first-order valence-corrected chi connectivity index (χ1v) is 8.01. The number of hydrogen-bond acceptors (Lipinski definition) is 5. The lowest BCUT2D eigenvalue weighted by molar-refractivity contribution is -0.120. The van der Waals surface area contributed by atoms with E-state index in [-0.39, 0.29) is 17.7 Å². The molecule has 0 aliphatic heterocycles. The summed E-state index contributed by atoms with van der Waals surface area (Å²) in [6.45, 7) is 2.06. The minimum atomic E-state index is -0.288. The third kappa shape index (κ3) is 2.60. The van der Waals surface area contributed by atoms with Crippen molar-refractivity contribution in [3.05, 3.63) is 24.3 Å². The minimum absolute atomic E-state index is 0.103. The summed E-state index contributed by atoms with van der Waals surface area (Å²) in [5.41, 5.74) is 1.06. The van der Waals surface area contributed by atoms with Gasteiger partial charge in [-0.3, -0.25) is 9.20 Å². The standard InChI is InChI=1S/C14H12N4OS2/c1-3-8-15-12(19)9(2)20-13-16-17-14-18(13)10-6-4-5-7-11(10)21-14/h1,4-7,9H,8H2,2H3,(H,15,19). The Morgan fingerprint density at radius 2 is 2.33 bits per heavy atom. The van der Waals surface area contributed by atoms with E-state index in [1.54, 1.807) is 11.3 Å². The maximum atomic E-state index is 11.9. The molecule has 1 N–H and O–H groups in total. The van der Waals surface area contributed by atoms with Gasteiger partial charge in [-0.2, -0.15) is 0 Å². The minimum Gasteiger partial charge on any atom is -0.344 e. The number of hydrogen-bond donors (Lipinski definition) is 1. The van der Waals surface area contributed by atoms with Crippen molar-refractivity contribution in [1.29, 1.82) is 0 Å². The van der Waals surface area contributed by atoms with E-state index in [2.05, 4.69) is 21.4 Å². The average Bonchev–Trinajstić information content (AvgIpc) is 3.04. The Hall–Kier alpha value is -2.04. The van der Waals surface area contributed by atoms with E-state index in [0.717, 1.165) is 15.2 Å². The highest BCUT2D eigenvalue weighted by atomic mass is 32.2. The normalized spacial score (nSPS) is 12.4. The molecule has 3 aromatic rings. The number of rotatable bonds is 4. The van der Waals surface area contributed by atoms with Crippen LogP contribution in [0.4, 0.5) is 0 Å². The molecule has 0 bridgehead atoms. The summed E-state index contributed by atoms with van der Waals surface area (Å²) in [5, 5.41) is 11.5. The molecular formula is C14H12N4OS2. The quantitative estimate of drug-likeness (QED) is 0.592. The van der Waals surface area contributed by atoms with Crippen LogP contribution in [0.3, 0.4) is 0 Å². The predicted octanol–water partition coefficient (Wildman–Crippen LogP) is 2.17. The van der Waals surface area contributed by atoms with E-state index in [9.17, 15) is 4.79 Å². The van der Waals surface area contributed by atoms with Gasteiger partial charge < -0.3 is 5.32 Å². The molecule has 2 aromatic heterocycles. The van der Waals surface area contributed by atoms with Crippen molar-refractivity contribution in [3.8, 4) is 12.3 Å². The Bertz CT molecular complexity index is 846. The Morgan fingerprint density at radius 3 is 3.14 bits per heavy atom. The molecule has 1 unspecified atom stereocenters. The summed E-state index contributed by atoms with van der Waals surface area (Å²) in [7, 11) is 0. The highest BCUT2D eigenvalue weighted by molar-refractivity contribution is 8.00. The number of amides is 1. The summed E-state index contributed by atoms with van der Waals surface area (Å²) in [5.74, 6) is 2.29. The van der Waals surface area contributed by atoms with Crippen molar-refractivity contribution in [3.63, 3.8) is 0 Å². The number of thiazole rings is 1. The number of nitrogens with one attached hydrogen (secondary N) is 1. The summed E-state index contributed by atoms with van der Waals surface area (Å²) in [6.07, 6.45) is 5.14. The molecule has 3 rings (SSSR count). The molecule has 2 heterocycles. The third-order valence-electron chi connectivity index (χ3n) is 2.93. The average molecular weight is 316 g/mol. The Labute approximate surface area is 129 Å². The van der Waals surface area contributed by atoms with Crippen LogP contribution in [-0.2, 0) is 4.79 Å². The molecule has 1 aromatic carbocycles. The first-order chi connectivity index (χ1) is 10.2. The molecular weight excluding hydrogens is 304 g/mol. The second kappa shape index (κ2) is 5.76. The van der Waals surface area contributed by atoms with Gasteiger partial charge in [0, 0.05) is 0 Å². The van der Waals surface area contributed by atoms with Gasteiger partial charge in [0.2, 0.25) is 10.9 Å². The fraction of sp³-hybridized carbons (Fsp3) is 0.214. The summed E-state index contributed by atoms with van der Waals surface area (Å²) < 4.78 is 3.13.